The fourth-order valence-electron chi connectivity index (χ4n) is 2.00. The molecule has 0 saturated carbocycles. The Balaban J connectivity index is 3.40. The highest BCUT2D eigenvalue weighted by atomic mass is 16.5. The summed E-state index contributed by atoms with van der Waals surface area (Å²) in [5.41, 5.74) is 6.03. The predicted molar refractivity (Wildman–Crippen MR) is 71.7 cm³/mol. The molecule has 0 spiro atoms. The van der Waals surface area contributed by atoms with Crippen LogP contribution in [0, 0.1) is 0 Å². The van der Waals surface area contributed by atoms with Crippen molar-refractivity contribution < 1.29 is 4.74 Å². The summed E-state index contributed by atoms with van der Waals surface area (Å²) < 4.78 is 5.39. The molecule has 2 heteroatoms. The smallest absolute Gasteiger partial charge is 0.0637 e. The maximum atomic E-state index is 6.10. The third-order valence-electron chi connectivity index (χ3n) is 3.23. The van der Waals surface area contributed by atoms with Crippen molar-refractivity contribution in [3.05, 3.63) is 0 Å². The van der Waals surface area contributed by atoms with Crippen LogP contribution in [-0.4, -0.2) is 18.8 Å². The van der Waals surface area contributed by atoms with Crippen LogP contribution in [0.5, 0.6) is 0 Å². The third kappa shape index (κ3) is 9.17. The van der Waals surface area contributed by atoms with E-state index in [0.717, 1.165) is 12.8 Å². The fraction of sp³-hybridized carbons (Fsp3) is 1.00. The Morgan fingerprint density at radius 2 is 1.62 bits per heavy atom. The van der Waals surface area contributed by atoms with E-state index < -0.39 is 0 Å². The van der Waals surface area contributed by atoms with Crippen molar-refractivity contribution >= 4 is 0 Å². The summed E-state index contributed by atoms with van der Waals surface area (Å²) in [5.74, 6) is 0. The first-order valence-corrected chi connectivity index (χ1v) is 6.82. The SMILES string of the molecule is CCCCCCCCC(N)CC(C)(C)OC. The lowest BCUT2D eigenvalue weighted by atomic mass is 9.95. The molecule has 0 fully saturated rings. The first-order chi connectivity index (χ1) is 7.52. The lowest BCUT2D eigenvalue weighted by Gasteiger charge is -2.26. The van der Waals surface area contributed by atoms with E-state index in [9.17, 15) is 0 Å². The minimum Gasteiger partial charge on any atom is -0.379 e. The van der Waals surface area contributed by atoms with Crippen LogP contribution in [0.2, 0.25) is 0 Å². The second-order valence-corrected chi connectivity index (χ2v) is 5.48. The number of methoxy groups -OCH3 is 1. The number of unbranched alkanes of at least 4 members (excludes halogenated alkanes) is 5. The Bertz CT molecular complexity index is 157. The van der Waals surface area contributed by atoms with E-state index in [0.29, 0.717) is 6.04 Å². The van der Waals surface area contributed by atoms with Crippen molar-refractivity contribution in [2.75, 3.05) is 7.11 Å². The largest absolute Gasteiger partial charge is 0.379 e. The Morgan fingerprint density at radius 3 is 2.19 bits per heavy atom. The number of hydrogen-bond donors (Lipinski definition) is 1. The molecule has 1 unspecified atom stereocenters. The average molecular weight is 229 g/mol. The van der Waals surface area contributed by atoms with E-state index in [1.165, 1.54) is 38.5 Å². The van der Waals surface area contributed by atoms with Crippen molar-refractivity contribution in [3.63, 3.8) is 0 Å². The van der Waals surface area contributed by atoms with Gasteiger partial charge in [0.05, 0.1) is 5.60 Å². The highest BCUT2D eigenvalue weighted by molar-refractivity contribution is 4.75. The summed E-state index contributed by atoms with van der Waals surface area (Å²) in [4.78, 5) is 0. The standard InChI is InChI=1S/C14H31NO/c1-5-6-7-8-9-10-11-13(15)12-14(2,3)16-4/h13H,5-12,15H2,1-4H3. The lowest BCUT2D eigenvalue weighted by molar-refractivity contribution is 0.00940. The maximum Gasteiger partial charge on any atom is 0.0637 e. The molecule has 0 heterocycles. The van der Waals surface area contributed by atoms with Crippen LogP contribution in [-0.2, 0) is 4.74 Å². The molecule has 0 saturated heterocycles. The molecular formula is C14H31NO. The van der Waals surface area contributed by atoms with Gasteiger partial charge in [0.2, 0.25) is 0 Å². The van der Waals surface area contributed by atoms with Gasteiger partial charge in [-0.1, -0.05) is 45.4 Å². The zero-order valence-electron chi connectivity index (χ0n) is 11.7. The quantitative estimate of drug-likeness (QED) is 0.577. The normalized spacial score (nSPS) is 14.1. The van der Waals surface area contributed by atoms with Gasteiger partial charge in [-0.15, -0.1) is 0 Å². The molecule has 0 aromatic rings. The summed E-state index contributed by atoms with van der Waals surface area (Å²) >= 11 is 0. The van der Waals surface area contributed by atoms with E-state index in [-0.39, 0.29) is 5.60 Å². The zero-order chi connectivity index (χ0) is 12.4. The van der Waals surface area contributed by atoms with Crippen LogP contribution in [0.4, 0.5) is 0 Å². The first-order valence-electron chi connectivity index (χ1n) is 6.82. The minimum atomic E-state index is -0.0678. The van der Waals surface area contributed by atoms with Crippen LogP contribution in [0.25, 0.3) is 0 Å². The van der Waals surface area contributed by atoms with Gasteiger partial charge in [0.1, 0.15) is 0 Å². The molecule has 0 rings (SSSR count). The van der Waals surface area contributed by atoms with Gasteiger partial charge in [-0.3, -0.25) is 0 Å². The van der Waals surface area contributed by atoms with Crippen molar-refractivity contribution in [3.8, 4) is 0 Å². The van der Waals surface area contributed by atoms with E-state index in [1.807, 2.05) is 0 Å². The average Bonchev–Trinajstić information content (AvgIpc) is 2.22. The Hall–Kier alpha value is -0.0800. The molecule has 2 N–H and O–H groups in total. The first kappa shape index (κ1) is 15.9. The van der Waals surface area contributed by atoms with E-state index >= 15 is 0 Å². The Morgan fingerprint density at radius 1 is 1.06 bits per heavy atom. The molecule has 0 aromatic heterocycles. The summed E-state index contributed by atoms with van der Waals surface area (Å²) in [6.45, 7) is 6.46. The second-order valence-electron chi connectivity index (χ2n) is 5.48. The summed E-state index contributed by atoms with van der Waals surface area (Å²) in [6, 6.07) is 0.293. The molecule has 0 amide bonds. The minimum absolute atomic E-state index is 0.0678. The van der Waals surface area contributed by atoms with Crippen molar-refractivity contribution in [2.24, 2.45) is 5.73 Å². The highest BCUT2D eigenvalue weighted by Gasteiger charge is 2.19. The summed E-state index contributed by atoms with van der Waals surface area (Å²) in [5, 5.41) is 0. The third-order valence-corrected chi connectivity index (χ3v) is 3.23. The van der Waals surface area contributed by atoms with Gasteiger partial charge < -0.3 is 10.5 Å². The van der Waals surface area contributed by atoms with Gasteiger partial charge >= 0.3 is 0 Å². The van der Waals surface area contributed by atoms with Gasteiger partial charge in [0.15, 0.2) is 0 Å². The van der Waals surface area contributed by atoms with Crippen LogP contribution >= 0.6 is 0 Å². The topological polar surface area (TPSA) is 35.2 Å². The van der Waals surface area contributed by atoms with Crippen LogP contribution < -0.4 is 5.73 Å². The molecule has 0 aliphatic rings. The number of hydrogen-bond acceptors (Lipinski definition) is 2. The summed E-state index contributed by atoms with van der Waals surface area (Å²) in [7, 11) is 1.76. The summed E-state index contributed by atoms with van der Waals surface area (Å²) in [6.07, 6.45) is 10.1. The monoisotopic (exact) mass is 229 g/mol. The molecule has 2 nitrogen and oxygen atoms in total. The molecule has 0 aliphatic carbocycles. The Labute approximate surface area is 102 Å². The van der Waals surface area contributed by atoms with E-state index in [1.54, 1.807) is 7.11 Å². The number of ether oxygens (including phenoxy) is 1. The van der Waals surface area contributed by atoms with Crippen molar-refractivity contribution in [1.82, 2.24) is 0 Å². The van der Waals surface area contributed by atoms with Gasteiger partial charge in [-0.25, -0.2) is 0 Å². The van der Waals surface area contributed by atoms with Crippen LogP contribution in [0.15, 0.2) is 0 Å². The molecule has 0 aromatic carbocycles. The van der Waals surface area contributed by atoms with Crippen LogP contribution in [0.3, 0.4) is 0 Å². The van der Waals surface area contributed by atoms with E-state index in [2.05, 4.69) is 20.8 Å². The lowest BCUT2D eigenvalue weighted by Crippen LogP contribution is -2.33. The van der Waals surface area contributed by atoms with E-state index in [4.69, 9.17) is 10.5 Å². The van der Waals surface area contributed by atoms with Crippen molar-refractivity contribution in [2.45, 2.75) is 83.8 Å². The van der Waals surface area contributed by atoms with Gasteiger partial charge in [0, 0.05) is 13.2 Å². The molecule has 0 bridgehead atoms. The van der Waals surface area contributed by atoms with Crippen molar-refractivity contribution in [1.29, 1.82) is 0 Å². The second kappa shape index (κ2) is 9.00. The number of nitrogens with two attached hydrogens (primary N) is 1. The Kier molecular flexibility index (Phi) is 8.96. The van der Waals surface area contributed by atoms with Gasteiger partial charge in [0.25, 0.3) is 0 Å². The molecular weight excluding hydrogens is 198 g/mol. The zero-order valence-corrected chi connectivity index (χ0v) is 11.7. The van der Waals surface area contributed by atoms with Crippen LogP contribution in [0.1, 0.15) is 72.1 Å². The predicted octanol–water partition coefficient (Wildman–Crippen LogP) is 3.88. The van der Waals surface area contributed by atoms with Gasteiger partial charge in [-0.05, 0) is 26.7 Å². The highest BCUT2D eigenvalue weighted by Crippen LogP contribution is 2.18. The molecule has 0 aliphatic heterocycles. The fourth-order valence-corrected chi connectivity index (χ4v) is 2.00. The molecule has 98 valence electrons. The maximum absolute atomic E-state index is 6.10. The molecule has 16 heavy (non-hydrogen) atoms. The number of rotatable bonds is 10. The molecule has 0 radical (unpaired) electrons. The van der Waals surface area contributed by atoms with Gasteiger partial charge in [-0.2, -0.15) is 0 Å². The molecule has 1 atom stereocenters.